The average molecular weight is 609 g/mol. The number of aromatic nitrogens is 1. The lowest BCUT2D eigenvalue weighted by Crippen LogP contribution is -2.10. The zero-order valence-electron chi connectivity index (χ0n) is 24.5. The molecule has 0 bridgehead atoms. The summed E-state index contributed by atoms with van der Waals surface area (Å²) in [5.74, 6) is 0.597. The highest BCUT2D eigenvalue weighted by atomic mass is 32.1. The van der Waals surface area contributed by atoms with Gasteiger partial charge in [-0.3, -0.25) is 0 Å². The van der Waals surface area contributed by atoms with Crippen molar-refractivity contribution in [2.24, 2.45) is 0 Å². The Morgan fingerprint density at radius 2 is 1.20 bits per heavy atom. The normalized spacial score (nSPS) is 11.9. The summed E-state index contributed by atoms with van der Waals surface area (Å²) in [5.41, 5.74) is 7.18. The third kappa shape index (κ3) is 3.82. The largest absolute Gasteiger partial charge is 0.456 e. The predicted octanol–water partition coefficient (Wildman–Crippen LogP) is 12.4. The molecule has 0 radical (unpaired) electrons. The number of anilines is 3. The van der Waals surface area contributed by atoms with Crippen LogP contribution < -0.4 is 4.90 Å². The van der Waals surface area contributed by atoms with Crippen LogP contribution in [0.2, 0.25) is 0 Å². The molecule has 10 rings (SSSR count). The summed E-state index contributed by atoms with van der Waals surface area (Å²) in [6.45, 7) is 0. The molecule has 0 unspecified atom stereocenters. The Hall–Kier alpha value is -5.91. The Labute approximate surface area is 267 Å². The minimum atomic E-state index is 0.597. The maximum atomic E-state index is 6.60. The van der Waals surface area contributed by atoms with Gasteiger partial charge in [0, 0.05) is 59.3 Å². The highest BCUT2D eigenvalue weighted by molar-refractivity contribution is 7.25. The van der Waals surface area contributed by atoms with Gasteiger partial charge in [0.05, 0.1) is 5.69 Å². The summed E-state index contributed by atoms with van der Waals surface area (Å²) in [4.78, 5) is 7.47. The van der Waals surface area contributed by atoms with Crippen LogP contribution in [-0.2, 0) is 0 Å². The first-order valence-electron chi connectivity index (χ1n) is 15.3. The second kappa shape index (κ2) is 9.80. The number of oxazole rings is 1. The van der Waals surface area contributed by atoms with Crippen LogP contribution in [0.3, 0.4) is 0 Å². The zero-order valence-corrected chi connectivity index (χ0v) is 25.3. The van der Waals surface area contributed by atoms with E-state index in [1.807, 2.05) is 53.8 Å². The third-order valence-electron chi connectivity index (χ3n) is 8.87. The molecule has 0 N–H and O–H groups in total. The van der Waals surface area contributed by atoms with Crippen molar-refractivity contribution in [3.8, 4) is 11.5 Å². The van der Waals surface area contributed by atoms with Crippen molar-refractivity contribution in [2.45, 2.75) is 0 Å². The second-order valence-electron chi connectivity index (χ2n) is 11.6. The molecule has 0 saturated carbocycles. The van der Waals surface area contributed by atoms with Gasteiger partial charge in [-0.2, -0.15) is 0 Å². The first-order chi connectivity index (χ1) is 22.8. The number of benzene rings is 7. The fourth-order valence-electron chi connectivity index (χ4n) is 6.73. The van der Waals surface area contributed by atoms with E-state index in [9.17, 15) is 0 Å². The number of thiophene rings is 1. The van der Waals surface area contributed by atoms with Crippen molar-refractivity contribution >= 4 is 92.4 Å². The average Bonchev–Trinajstić information content (AvgIpc) is 3.82. The summed E-state index contributed by atoms with van der Waals surface area (Å²) in [5, 5.41) is 6.80. The molecule has 46 heavy (non-hydrogen) atoms. The predicted molar refractivity (Wildman–Crippen MR) is 192 cm³/mol. The van der Waals surface area contributed by atoms with Crippen molar-refractivity contribution in [3.63, 3.8) is 0 Å². The van der Waals surface area contributed by atoms with Gasteiger partial charge in [0.15, 0.2) is 5.58 Å². The molecule has 0 aliphatic carbocycles. The van der Waals surface area contributed by atoms with Crippen LogP contribution in [0.1, 0.15) is 0 Å². The number of furan rings is 1. The number of hydrogen-bond acceptors (Lipinski definition) is 5. The van der Waals surface area contributed by atoms with E-state index in [-0.39, 0.29) is 0 Å². The van der Waals surface area contributed by atoms with Gasteiger partial charge < -0.3 is 13.7 Å². The smallest absolute Gasteiger partial charge is 0.227 e. The van der Waals surface area contributed by atoms with Crippen molar-refractivity contribution in [1.29, 1.82) is 0 Å². The molecule has 0 amide bonds. The molecular weight excluding hydrogens is 585 g/mol. The Balaban J connectivity index is 1.29. The molecule has 3 heterocycles. The number of fused-ring (bicyclic) bond motifs is 9. The highest BCUT2D eigenvalue weighted by Crippen LogP contribution is 2.46. The van der Waals surface area contributed by atoms with Gasteiger partial charge >= 0.3 is 0 Å². The van der Waals surface area contributed by atoms with Crippen molar-refractivity contribution in [1.82, 2.24) is 4.98 Å². The Bertz CT molecular complexity index is 2770. The molecule has 0 fully saturated rings. The van der Waals surface area contributed by atoms with E-state index in [4.69, 9.17) is 13.8 Å². The summed E-state index contributed by atoms with van der Waals surface area (Å²) < 4.78 is 15.5. The first kappa shape index (κ1) is 25.4. The van der Waals surface area contributed by atoms with Crippen LogP contribution in [0.4, 0.5) is 17.1 Å². The van der Waals surface area contributed by atoms with Crippen LogP contribution in [0.5, 0.6) is 0 Å². The number of hydrogen-bond donors (Lipinski definition) is 0. The van der Waals surface area contributed by atoms with E-state index in [0.29, 0.717) is 5.89 Å². The van der Waals surface area contributed by atoms with Crippen LogP contribution >= 0.6 is 11.3 Å². The summed E-state index contributed by atoms with van der Waals surface area (Å²) in [6.07, 6.45) is 0. The molecule has 0 spiro atoms. The molecule has 0 atom stereocenters. The van der Waals surface area contributed by atoms with Gasteiger partial charge in [0.2, 0.25) is 5.89 Å². The lowest BCUT2D eigenvalue weighted by atomic mass is 10.1. The Morgan fingerprint density at radius 1 is 0.500 bits per heavy atom. The second-order valence-corrected chi connectivity index (χ2v) is 12.7. The van der Waals surface area contributed by atoms with Gasteiger partial charge in [0.25, 0.3) is 0 Å². The molecule has 0 saturated heterocycles. The maximum absolute atomic E-state index is 6.60. The van der Waals surface area contributed by atoms with Gasteiger partial charge in [0.1, 0.15) is 16.7 Å². The Morgan fingerprint density at radius 3 is 2.11 bits per heavy atom. The van der Waals surface area contributed by atoms with Crippen molar-refractivity contribution < 1.29 is 8.83 Å². The molecular formula is C41H24N2O2S. The topological polar surface area (TPSA) is 42.4 Å². The molecule has 3 aromatic heterocycles. The molecule has 0 aliphatic heterocycles. The number of nitrogens with zero attached hydrogens (tertiary/aromatic N) is 2. The first-order valence-corrected chi connectivity index (χ1v) is 16.1. The monoisotopic (exact) mass is 608 g/mol. The van der Waals surface area contributed by atoms with E-state index >= 15 is 0 Å². The molecule has 4 nitrogen and oxygen atoms in total. The SMILES string of the molecule is c1ccc(-c2nc3c(N(c4ccc5c(c4)oc4ccccc45)c4ccc5sc6ccccc6c5c4)cc4ccccc4c3o2)cc1. The quantitative estimate of drug-likeness (QED) is 0.199. The van der Waals surface area contributed by atoms with Gasteiger partial charge in [-0.05, 0) is 66.0 Å². The molecule has 0 aliphatic rings. The van der Waals surface area contributed by atoms with Crippen LogP contribution in [0.15, 0.2) is 154 Å². The third-order valence-corrected chi connectivity index (χ3v) is 10.0. The van der Waals surface area contributed by atoms with Crippen LogP contribution in [0.25, 0.3) is 75.4 Å². The fourth-order valence-corrected chi connectivity index (χ4v) is 7.82. The Kier molecular flexibility index (Phi) is 5.41. The van der Waals surface area contributed by atoms with E-state index in [0.717, 1.165) is 66.4 Å². The van der Waals surface area contributed by atoms with E-state index in [2.05, 4.69) is 108 Å². The standard InChI is InChI=1S/C41H24N2O2S/c1-2-10-25(11-3-1)41-42-39-34(22-26-12-4-5-13-29(26)40(39)45-41)43(27-19-21-38-33(23-27)32-15-7-9-17-37(32)46-38)28-18-20-31-30-14-6-8-16-35(30)44-36(31)24-28/h1-24H. The molecule has 7 aromatic carbocycles. The van der Waals surface area contributed by atoms with Gasteiger partial charge in [-0.1, -0.05) is 78.9 Å². The van der Waals surface area contributed by atoms with Crippen LogP contribution in [0, 0.1) is 0 Å². The lowest BCUT2D eigenvalue weighted by Gasteiger charge is -2.26. The number of rotatable bonds is 4. The summed E-state index contributed by atoms with van der Waals surface area (Å²) in [6, 6.07) is 50.8. The van der Waals surface area contributed by atoms with Gasteiger partial charge in [-0.25, -0.2) is 4.98 Å². The van der Waals surface area contributed by atoms with E-state index in [1.165, 1.54) is 20.2 Å². The molecule has 10 aromatic rings. The van der Waals surface area contributed by atoms with Crippen molar-refractivity contribution in [2.75, 3.05) is 4.90 Å². The van der Waals surface area contributed by atoms with E-state index in [1.54, 1.807) is 0 Å². The van der Waals surface area contributed by atoms with Gasteiger partial charge in [-0.15, -0.1) is 11.3 Å². The van der Waals surface area contributed by atoms with Crippen molar-refractivity contribution in [3.05, 3.63) is 146 Å². The zero-order chi connectivity index (χ0) is 30.2. The fraction of sp³-hybridized carbons (Fsp3) is 0. The summed E-state index contributed by atoms with van der Waals surface area (Å²) in [7, 11) is 0. The van der Waals surface area contributed by atoms with E-state index < -0.39 is 0 Å². The molecule has 5 heteroatoms. The minimum Gasteiger partial charge on any atom is -0.456 e. The lowest BCUT2D eigenvalue weighted by molar-refractivity contribution is 0.623. The summed E-state index contributed by atoms with van der Waals surface area (Å²) >= 11 is 1.82. The number of para-hydroxylation sites is 1. The maximum Gasteiger partial charge on any atom is 0.227 e. The molecule has 216 valence electrons. The minimum absolute atomic E-state index is 0.597. The highest BCUT2D eigenvalue weighted by Gasteiger charge is 2.23. The van der Waals surface area contributed by atoms with Crippen LogP contribution in [-0.4, -0.2) is 4.98 Å².